The molecule has 2 rings (SSSR count). The molecule has 0 fully saturated rings. The van der Waals surface area contributed by atoms with E-state index in [0.717, 1.165) is 10.9 Å². The number of rotatable bonds is 4. The molecule has 0 amide bonds. The Morgan fingerprint density at radius 3 is 2.94 bits per heavy atom. The number of ether oxygens (including phenoxy) is 2. The van der Waals surface area contributed by atoms with Crippen LogP contribution >= 0.6 is 11.6 Å². The van der Waals surface area contributed by atoms with Crippen LogP contribution in [0.25, 0.3) is 10.9 Å². The SMILES string of the molecule is COCCOc1ncnc2ccc(Cl)cc12. The molecule has 0 aliphatic rings. The Morgan fingerprint density at radius 1 is 1.25 bits per heavy atom. The fraction of sp³-hybridized carbons (Fsp3) is 0.273. The topological polar surface area (TPSA) is 44.2 Å². The van der Waals surface area contributed by atoms with E-state index in [-0.39, 0.29) is 0 Å². The second-order valence-corrected chi connectivity index (χ2v) is 3.62. The summed E-state index contributed by atoms with van der Waals surface area (Å²) in [4.78, 5) is 8.20. The highest BCUT2D eigenvalue weighted by Gasteiger charge is 2.05. The van der Waals surface area contributed by atoms with Crippen LogP contribution < -0.4 is 4.74 Å². The Hall–Kier alpha value is -1.39. The molecule has 1 heterocycles. The molecule has 1 aromatic carbocycles. The quantitative estimate of drug-likeness (QED) is 0.767. The lowest BCUT2D eigenvalue weighted by Crippen LogP contribution is -2.05. The van der Waals surface area contributed by atoms with E-state index in [1.807, 2.05) is 6.07 Å². The average Bonchev–Trinajstić information content (AvgIpc) is 2.30. The third-order valence-electron chi connectivity index (χ3n) is 2.09. The van der Waals surface area contributed by atoms with Crippen LogP contribution in [0.2, 0.25) is 5.02 Å². The van der Waals surface area contributed by atoms with Gasteiger partial charge in [-0.25, -0.2) is 9.97 Å². The molecule has 0 spiro atoms. The summed E-state index contributed by atoms with van der Waals surface area (Å²) in [7, 11) is 1.62. The van der Waals surface area contributed by atoms with Gasteiger partial charge in [-0.1, -0.05) is 11.6 Å². The van der Waals surface area contributed by atoms with Gasteiger partial charge in [0, 0.05) is 12.1 Å². The Bertz CT molecular complexity index is 490. The first kappa shape index (κ1) is 11.1. The van der Waals surface area contributed by atoms with E-state index in [1.165, 1.54) is 6.33 Å². The van der Waals surface area contributed by atoms with E-state index in [2.05, 4.69) is 9.97 Å². The van der Waals surface area contributed by atoms with Crippen molar-refractivity contribution in [3.8, 4) is 5.88 Å². The maximum absolute atomic E-state index is 5.92. The van der Waals surface area contributed by atoms with Crippen molar-refractivity contribution < 1.29 is 9.47 Å². The number of fused-ring (bicyclic) bond motifs is 1. The summed E-state index contributed by atoms with van der Waals surface area (Å²) in [5, 5.41) is 1.45. The van der Waals surface area contributed by atoms with Crippen molar-refractivity contribution in [2.75, 3.05) is 20.3 Å². The fourth-order valence-electron chi connectivity index (χ4n) is 1.34. The first-order chi connectivity index (χ1) is 7.81. The largest absolute Gasteiger partial charge is 0.475 e. The van der Waals surface area contributed by atoms with Crippen molar-refractivity contribution in [2.24, 2.45) is 0 Å². The zero-order valence-corrected chi connectivity index (χ0v) is 9.57. The molecule has 0 radical (unpaired) electrons. The van der Waals surface area contributed by atoms with Gasteiger partial charge in [0.25, 0.3) is 0 Å². The number of aromatic nitrogens is 2. The number of methoxy groups -OCH3 is 1. The lowest BCUT2D eigenvalue weighted by atomic mass is 10.2. The lowest BCUT2D eigenvalue weighted by molar-refractivity contribution is 0.144. The fourth-order valence-corrected chi connectivity index (χ4v) is 1.51. The third-order valence-corrected chi connectivity index (χ3v) is 2.32. The summed E-state index contributed by atoms with van der Waals surface area (Å²) in [5.41, 5.74) is 0.812. The van der Waals surface area contributed by atoms with E-state index in [0.29, 0.717) is 24.1 Å². The minimum Gasteiger partial charge on any atom is -0.475 e. The van der Waals surface area contributed by atoms with Gasteiger partial charge in [-0.05, 0) is 18.2 Å². The molecule has 0 N–H and O–H groups in total. The molecule has 0 aliphatic carbocycles. The molecule has 4 nitrogen and oxygen atoms in total. The van der Waals surface area contributed by atoms with Crippen LogP contribution in [-0.4, -0.2) is 30.3 Å². The predicted molar refractivity (Wildman–Crippen MR) is 61.9 cm³/mol. The highest BCUT2D eigenvalue weighted by atomic mass is 35.5. The summed E-state index contributed by atoms with van der Waals surface area (Å²) < 4.78 is 10.4. The lowest BCUT2D eigenvalue weighted by Gasteiger charge is -2.07. The maximum atomic E-state index is 5.92. The smallest absolute Gasteiger partial charge is 0.224 e. The Labute approximate surface area is 98.2 Å². The van der Waals surface area contributed by atoms with E-state index >= 15 is 0 Å². The van der Waals surface area contributed by atoms with Gasteiger partial charge in [0.1, 0.15) is 12.9 Å². The summed E-state index contributed by atoms with van der Waals surface area (Å²) in [5.74, 6) is 0.532. The number of hydrogen-bond acceptors (Lipinski definition) is 4. The Balaban J connectivity index is 2.32. The monoisotopic (exact) mass is 238 g/mol. The second-order valence-electron chi connectivity index (χ2n) is 3.18. The number of nitrogens with zero attached hydrogens (tertiary/aromatic N) is 2. The summed E-state index contributed by atoms with van der Waals surface area (Å²) in [6, 6.07) is 5.41. The van der Waals surface area contributed by atoms with Gasteiger partial charge in [-0.2, -0.15) is 0 Å². The first-order valence-corrected chi connectivity index (χ1v) is 5.21. The van der Waals surface area contributed by atoms with Gasteiger partial charge in [0.15, 0.2) is 0 Å². The number of benzene rings is 1. The van der Waals surface area contributed by atoms with Crippen LogP contribution in [0, 0.1) is 0 Å². The molecular weight excluding hydrogens is 228 g/mol. The summed E-state index contributed by atoms with van der Waals surface area (Å²) >= 11 is 5.92. The van der Waals surface area contributed by atoms with Gasteiger partial charge in [-0.15, -0.1) is 0 Å². The Kier molecular flexibility index (Phi) is 3.54. The normalized spacial score (nSPS) is 10.6. The zero-order valence-electron chi connectivity index (χ0n) is 8.81. The van der Waals surface area contributed by atoms with Gasteiger partial charge >= 0.3 is 0 Å². The van der Waals surface area contributed by atoms with E-state index in [4.69, 9.17) is 21.1 Å². The standard InChI is InChI=1S/C11H11ClN2O2/c1-15-4-5-16-11-9-6-8(12)2-3-10(9)13-7-14-11/h2-3,6-7H,4-5H2,1H3. The van der Waals surface area contributed by atoms with Crippen LogP contribution in [0.4, 0.5) is 0 Å². The molecule has 0 saturated carbocycles. The van der Waals surface area contributed by atoms with Crippen LogP contribution in [0.15, 0.2) is 24.5 Å². The molecule has 1 aromatic heterocycles. The van der Waals surface area contributed by atoms with Crippen molar-refractivity contribution in [1.82, 2.24) is 9.97 Å². The van der Waals surface area contributed by atoms with Crippen LogP contribution in [0.3, 0.4) is 0 Å². The molecule has 0 bridgehead atoms. The molecule has 16 heavy (non-hydrogen) atoms. The summed E-state index contributed by atoms with van der Waals surface area (Å²) in [6.45, 7) is 0.973. The molecule has 0 atom stereocenters. The second kappa shape index (κ2) is 5.09. The summed E-state index contributed by atoms with van der Waals surface area (Å²) in [6.07, 6.45) is 1.47. The average molecular weight is 239 g/mol. The van der Waals surface area contributed by atoms with Crippen molar-refractivity contribution >= 4 is 22.5 Å². The van der Waals surface area contributed by atoms with Gasteiger partial charge in [0.05, 0.1) is 17.5 Å². The Morgan fingerprint density at radius 2 is 2.12 bits per heavy atom. The molecule has 2 aromatic rings. The molecule has 0 unspecified atom stereocenters. The highest BCUT2D eigenvalue weighted by Crippen LogP contribution is 2.24. The van der Waals surface area contributed by atoms with Gasteiger partial charge < -0.3 is 9.47 Å². The molecular formula is C11H11ClN2O2. The molecule has 84 valence electrons. The van der Waals surface area contributed by atoms with Crippen LogP contribution in [0.1, 0.15) is 0 Å². The maximum Gasteiger partial charge on any atom is 0.224 e. The minimum atomic E-state index is 0.453. The minimum absolute atomic E-state index is 0.453. The third kappa shape index (κ3) is 2.40. The zero-order chi connectivity index (χ0) is 11.4. The van der Waals surface area contributed by atoms with Crippen molar-refractivity contribution in [1.29, 1.82) is 0 Å². The highest BCUT2D eigenvalue weighted by molar-refractivity contribution is 6.31. The molecule has 5 heteroatoms. The van der Waals surface area contributed by atoms with Crippen molar-refractivity contribution in [3.63, 3.8) is 0 Å². The van der Waals surface area contributed by atoms with E-state index in [9.17, 15) is 0 Å². The predicted octanol–water partition coefficient (Wildman–Crippen LogP) is 2.31. The van der Waals surface area contributed by atoms with E-state index < -0.39 is 0 Å². The first-order valence-electron chi connectivity index (χ1n) is 4.83. The van der Waals surface area contributed by atoms with Crippen molar-refractivity contribution in [2.45, 2.75) is 0 Å². The van der Waals surface area contributed by atoms with Gasteiger partial charge in [0.2, 0.25) is 5.88 Å². The molecule has 0 saturated heterocycles. The van der Waals surface area contributed by atoms with E-state index in [1.54, 1.807) is 19.2 Å². The number of halogens is 1. The van der Waals surface area contributed by atoms with Gasteiger partial charge in [-0.3, -0.25) is 0 Å². The van der Waals surface area contributed by atoms with Crippen LogP contribution in [0.5, 0.6) is 5.88 Å². The van der Waals surface area contributed by atoms with Crippen LogP contribution in [-0.2, 0) is 4.74 Å². The number of hydrogen-bond donors (Lipinski definition) is 0. The molecule has 0 aliphatic heterocycles. The van der Waals surface area contributed by atoms with Crippen molar-refractivity contribution in [3.05, 3.63) is 29.5 Å².